The molecule has 0 rings (SSSR count). The van der Waals surface area contributed by atoms with Crippen molar-refractivity contribution in [1.29, 1.82) is 0 Å². The summed E-state index contributed by atoms with van der Waals surface area (Å²) in [7, 11) is 0. The van der Waals surface area contributed by atoms with Gasteiger partial charge < -0.3 is 19.9 Å². The molecule has 0 aromatic carbocycles. The summed E-state index contributed by atoms with van der Waals surface area (Å²) < 4.78 is 10.2. The van der Waals surface area contributed by atoms with Gasteiger partial charge in [-0.1, -0.05) is 6.08 Å². The third-order valence-corrected chi connectivity index (χ3v) is 1.88. The monoisotopic (exact) mass is 259 g/mol. The predicted molar refractivity (Wildman–Crippen MR) is 66.4 cm³/mol. The minimum Gasteiger partial charge on any atom is -0.480 e. The van der Waals surface area contributed by atoms with E-state index in [-0.39, 0.29) is 6.61 Å². The number of hydrogen-bond acceptors (Lipinski definition) is 4. The van der Waals surface area contributed by atoms with Gasteiger partial charge in [0.25, 0.3) is 0 Å². The Labute approximate surface area is 107 Å². The third-order valence-electron chi connectivity index (χ3n) is 1.88. The minimum atomic E-state index is -1.18. The zero-order valence-corrected chi connectivity index (χ0v) is 11.2. The Bertz CT molecular complexity index is 308. The fraction of sp³-hybridized carbons (Fsp3) is 0.667. The standard InChI is InChI=1S/C12H21NO5/c1-6-7-17-8(2)9(10(14)15)13-11(16)18-12(3,4)5/h6,8-9H,1,7H2,2-5H3,(H,13,16)(H,14,15)/t8-,9-/m0/s1. The van der Waals surface area contributed by atoms with Crippen LogP contribution in [-0.2, 0) is 14.3 Å². The van der Waals surface area contributed by atoms with Gasteiger partial charge in [0.05, 0.1) is 12.7 Å². The number of ether oxygens (including phenoxy) is 2. The summed E-state index contributed by atoms with van der Waals surface area (Å²) in [5, 5.41) is 11.3. The molecule has 6 nitrogen and oxygen atoms in total. The van der Waals surface area contributed by atoms with E-state index in [1.165, 1.54) is 6.08 Å². The number of amides is 1. The maximum Gasteiger partial charge on any atom is 0.408 e. The van der Waals surface area contributed by atoms with E-state index in [4.69, 9.17) is 14.6 Å². The molecule has 0 unspecified atom stereocenters. The number of hydrogen-bond donors (Lipinski definition) is 2. The maximum absolute atomic E-state index is 11.5. The van der Waals surface area contributed by atoms with E-state index in [1.807, 2.05) is 0 Å². The summed E-state index contributed by atoms with van der Waals surface area (Å²) in [6, 6.07) is -1.17. The first-order chi connectivity index (χ1) is 8.17. The summed E-state index contributed by atoms with van der Waals surface area (Å²) in [4.78, 5) is 22.5. The molecule has 0 radical (unpaired) electrons. The molecule has 0 fully saturated rings. The Hall–Kier alpha value is -1.56. The van der Waals surface area contributed by atoms with E-state index < -0.39 is 29.8 Å². The second-order valence-corrected chi connectivity index (χ2v) is 4.79. The van der Waals surface area contributed by atoms with Crippen molar-refractivity contribution in [3.8, 4) is 0 Å². The van der Waals surface area contributed by atoms with Crippen LogP contribution < -0.4 is 5.32 Å². The number of carboxylic acid groups (broad SMARTS) is 1. The van der Waals surface area contributed by atoms with Crippen molar-refractivity contribution in [3.63, 3.8) is 0 Å². The summed E-state index contributed by atoms with van der Waals surface area (Å²) >= 11 is 0. The van der Waals surface area contributed by atoms with Crippen molar-refractivity contribution in [2.45, 2.75) is 45.4 Å². The van der Waals surface area contributed by atoms with Crippen LogP contribution in [-0.4, -0.2) is 41.5 Å². The van der Waals surface area contributed by atoms with Crippen molar-refractivity contribution in [2.75, 3.05) is 6.61 Å². The van der Waals surface area contributed by atoms with Crippen LogP contribution >= 0.6 is 0 Å². The number of nitrogens with one attached hydrogen (secondary N) is 1. The van der Waals surface area contributed by atoms with Crippen molar-refractivity contribution >= 4 is 12.1 Å². The normalized spacial score (nSPS) is 14.4. The van der Waals surface area contributed by atoms with Crippen LogP contribution in [0.4, 0.5) is 4.79 Å². The van der Waals surface area contributed by atoms with Gasteiger partial charge in [-0.3, -0.25) is 0 Å². The molecule has 0 aliphatic rings. The Morgan fingerprint density at radius 3 is 2.39 bits per heavy atom. The first kappa shape index (κ1) is 16.4. The topological polar surface area (TPSA) is 84.9 Å². The molecule has 104 valence electrons. The Balaban J connectivity index is 4.49. The third kappa shape index (κ3) is 6.90. The van der Waals surface area contributed by atoms with E-state index in [2.05, 4.69) is 11.9 Å². The maximum atomic E-state index is 11.5. The van der Waals surface area contributed by atoms with Gasteiger partial charge in [-0.15, -0.1) is 6.58 Å². The van der Waals surface area contributed by atoms with Crippen molar-refractivity contribution in [3.05, 3.63) is 12.7 Å². The molecular weight excluding hydrogens is 238 g/mol. The lowest BCUT2D eigenvalue weighted by molar-refractivity contribution is -0.143. The molecule has 0 saturated heterocycles. The summed E-state index contributed by atoms with van der Waals surface area (Å²) in [5.41, 5.74) is -0.682. The fourth-order valence-corrected chi connectivity index (χ4v) is 1.13. The average Bonchev–Trinajstić information content (AvgIpc) is 2.19. The lowest BCUT2D eigenvalue weighted by Gasteiger charge is -2.24. The molecular formula is C12H21NO5. The lowest BCUT2D eigenvalue weighted by Crippen LogP contribution is -2.50. The largest absolute Gasteiger partial charge is 0.480 e. The second kappa shape index (κ2) is 7.00. The fourth-order valence-electron chi connectivity index (χ4n) is 1.13. The van der Waals surface area contributed by atoms with Crippen LogP contribution in [0.25, 0.3) is 0 Å². The van der Waals surface area contributed by atoms with Crippen LogP contribution in [0.2, 0.25) is 0 Å². The van der Waals surface area contributed by atoms with Gasteiger partial charge in [0.15, 0.2) is 6.04 Å². The van der Waals surface area contributed by atoms with Crippen LogP contribution in [0.5, 0.6) is 0 Å². The molecule has 2 N–H and O–H groups in total. The van der Waals surface area contributed by atoms with Gasteiger partial charge in [-0.25, -0.2) is 9.59 Å². The predicted octanol–water partition coefficient (Wildman–Crippen LogP) is 1.56. The molecule has 0 spiro atoms. The number of rotatable bonds is 6. The Morgan fingerprint density at radius 1 is 1.44 bits per heavy atom. The molecule has 0 heterocycles. The van der Waals surface area contributed by atoms with Gasteiger partial charge in [0.1, 0.15) is 5.60 Å². The molecule has 0 bridgehead atoms. The van der Waals surface area contributed by atoms with Crippen LogP contribution in [0.3, 0.4) is 0 Å². The summed E-state index contributed by atoms with van der Waals surface area (Å²) in [6.45, 7) is 10.3. The lowest BCUT2D eigenvalue weighted by atomic mass is 10.2. The number of aliphatic carboxylic acids is 1. The zero-order chi connectivity index (χ0) is 14.3. The summed E-state index contributed by atoms with van der Waals surface area (Å²) in [6.07, 6.45) is 0.0278. The van der Waals surface area contributed by atoms with Gasteiger partial charge in [-0.2, -0.15) is 0 Å². The molecule has 0 aromatic heterocycles. The van der Waals surface area contributed by atoms with Crippen molar-refractivity contribution in [2.24, 2.45) is 0 Å². The van der Waals surface area contributed by atoms with Crippen LogP contribution in [0, 0.1) is 0 Å². The quantitative estimate of drug-likeness (QED) is 0.707. The molecule has 0 aliphatic carbocycles. The number of alkyl carbamates (subject to hydrolysis) is 1. The Kier molecular flexibility index (Phi) is 6.40. The second-order valence-electron chi connectivity index (χ2n) is 4.79. The molecule has 18 heavy (non-hydrogen) atoms. The minimum absolute atomic E-state index is 0.209. The molecule has 6 heteroatoms. The number of carbonyl (C=O) groups excluding carboxylic acids is 1. The van der Waals surface area contributed by atoms with E-state index in [1.54, 1.807) is 27.7 Å². The number of carbonyl (C=O) groups is 2. The van der Waals surface area contributed by atoms with Crippen molar-refractivity contribution in [1.82, 2.24) is 5.32 Å². The smallest absolute Gasteiger partial charge is 0.408 e. The SMILES string of the molecule is C=CCO[C@@H](C)[C@H](NC(=O)OC(C)(C)C)C(=O)O. The highest BCUT2D eigenvalue weighted by molar-refractivity contribution is 5.80. The zero-order valence-electron chi connectivity index (χ0n) is 11.2. The van der Waals surface area contributed by atoms with E-state index in [0.29, 0.717) is 0 Å². The van der Waals surface area contributed by atoms with Crippen LogP contribution in [0.15, 0.2) is 12.7 Å². The summed E-state index contributed by atoms with van der Waals surface area (Å²) in [5.74, 6) is -1.18. The van der Waals surface area contributed by atoms with Crippen LogP contribution in [0.1, 0.15) is 27.7 Å². The van der Waals surface area contributed by atoms with E-state index in [0.717, 1.165) is 0 Å². The first-order valence-electron chi connectivity index (χ1n) is 5.62. The Morgan fingerprint density at radius 2 is 2.00 bits per heavy atom. The first-order valence-corrected chi connectivity index (χ1v) is 5.62. The van der Waals surface area contributed by atoms with Gasteiger partial charge in [-0.05, 0) is 27.7 Å². The highest BCUT2D eigenvalue weighted by Gasteiger charge is 2.29. The molecule has 0 aliphatic heterocycles. The van der Waals surface area contributed by atoms with Gasteiger partial charge >= 0.3 is 12.1 Å². The molecule has 1 amide bonds. The number of carboxylic acids is 1. The van der Waals surface area contributed by atoms with E-state index >= 15 is 0 Å². The molecule has 0 aromatic rings. The van der Waals surface area contributed by atoms with Crippen molar-refractivity contribution < 1.29 is 24.2 Å². The molecule has 0 saturated carbocycles. The van der Waals surface area contributed by atoms with E-state index in [9.17, 15) is 9.59 Å². The van der Waals surface area contributed by atoms with Gasteiger partial charge in [0, 0.05) is 0 Å². The average molecular weight is 259 g/mol. The molecule has 2 atom stereocenters. The highest BCUT2D eigenvalue weighted by Crippen LogP contribution is 2.08. The highest BCUT2D eigenvalue weighted by atomic mass is 16.6. The van der Waals surface area contributed by atoms with Gasteiger partial charge in [0.2, 0.25) is 0 Å².